The second kappa shape index (κ2) is 11.1. The number of rotatable bonds is 10. The maximum atomic E-state index is 13.3. The van der Waals surface area contributed by atoms with Gasteiger partial charge in [-0.15, -0.1) is 11.3 Å². The highest BCUT2D eigenvalue weighted by Crippen LogP contribution is 2.29. The molecule has 1 fully saturated rings. The Bertz CT molecular complexity index is 1030. The van der Waals surface area contributed by atoms with Crippen LogP contribution in [0.4, 0.5) is 9.52 Å². The molecule has 4 unspecified atom stereocenters. The number of nitrogens with one attached hydrogen (secondary N) is 1. The van der Waals surface area contributed by atoms with Gasteiger partial charge in [-0.2, -0.15) is 0 Å². The molecule has 0 bridgehead atoms. The van der Waals surface area contributed by atoms with Gasteiger partial charge in [-0.05, 0) is 43.5 Å². The van der Waals surface area contributed by atoms with Gasteiger partial charge in [-0.1, -0.05) is 20.8 Å². The average molecular weight is 492 g/mol. The van der Waals surface area contributed by atoms with Gasteiger partial charge >= 0.3 is 5.97 Å². The molecule has 1 aromatic heterocycles. The molecule has 2 amide bonds. The minimum Gasteiger partial charge on any atom is -0.464 e. The summed E-state index contributed by atoms with van der Waals surface area (Å²) in [7, 11) is 1.64. The molecular formula is C24H30FN3O5S. The Labute approximate surface area is 202 Å². The number of halogens is 1. The summed E-state index contributed by atoms with van der Waals surface area (Å²) in [6, 6.07) is 5.54. The van der Waals surface area contributed by atoms with Crippen LogP contribution in [0.25, 0.3) is 11.3 Å². The van der Waals surface area contributed by atoms with Gasteiger partial charge in [0.2, 0.25) is 5.91 Å². The Kier molecular flexibility index (Phi) is 8.37. The lowest BCUT2D eigenvalue weighted by atomic mass is 9.92. The van der Waals surface area contributed by atoms with Crippen LogP contribution in [0.2, 0.25) is 0 Å². The fraction of sp³-hybridized carbons (Fsp3) is 0.500. The number of amides is 2. The molecule has 34 heavy (non-hydrogen) atoms. The summed E-state index contributed by atoms with van der Waals surface area (Å²) < 4.78 is 23.3. The first kappa shape index (κ1) is 25.8. The quantitative estimate of drug-likeness (QED) is 0.404. The molecule has 1 saturated heterocycles. The fourth-order valence-electron chi connectivity index (χ4n) is 3.62. The van der Waals surface area contributed by atoms with E-state index in [2.05, 4.69) is 10.3 Å². The molecule has 0 aliphatic carbocycles. The number of anilines is 1. The lowest BCUT2D eigenvalue weighted by Gasteiger charge is -2.28. The number of aromatic nitrogens is 1. The van der Waals surface area contributed by atoms with Gasteiger partial charge in [0.15, 0.2) is 17.3 Å². The van der Waals surface area contributed by atoms with E-state index in [1.807, 2.05) is 19.2 Å². The zero-order chi connectivity index (χ0) is 25.0. The number of benzene rings is 1. The first-order chi connectivity index (χ1) is 16.1. The molecular weight excluding hydrogens is 461 g/mol. The number of ether oxygens (including phenoxy) is 2. The van der Waals surface area contributed by atoms with Crippen molar-refractivity contribution in [2.75, 3.05) is 18.6 Å². The summed E-state index contributed by atoms with van der Waals surface area (Å²) in [5.41, 5.74) is 1.40. The third-order valence-electron chi connectivity index (χ3n) is 5.56. The number of thiazole rings is 1. The number of epoxide rings is 1. The van der Waals surface area contributed by atoms with Crippen molar-refractivity contribution in [3.05, 3.63) is 35.5 Å². The van der Waals surface area contributed by atoms with Crippen LogP contribution < -0.4 is 10.2 Å². The van der Waals surface area contributed by atoms with E-state index in [1.54, 1.807) is 33.0 Å². The highest BCUT2D eigenvalue weighted by Gasteiger charge is 2.52. The van der Waals surface area contributed by atoms with Crippen molar-refractivity contribution < 1.29 is 28.2 Å². The van der Waals surface area contributed by atoms with E-state index in [4.69, 9.17) is 9.47 Å². The minimum atomic E-state index is -0.897. The van der Waals surface area contributed by atoms with Gasteiger partial charge < -0.3 is 14.8 Å². The van der Waals surface area contributed by atoms with Crippen LogP contribution in [0.3, 0.4) is 0 Å². The molecule has 0 spiro atoms. The maximum Gasteiger partial charge on any atom is 0.338 e. The molecule has 1 aliphatic rings. The van der Waals surface area contributed by atoms with Crippen LogP contribution in [0, 0.1) is 17.7 Å². The minimum absolute atomic E-state index is 0.204. The van der Waals surface area contributed by atoms with Crippen LogP contribution in [-0.2, 0) is 23.9 Å². The van der Waals surface area contributed by atoms with E-state index in [0.717, 1.165) is 5.56 Å². The van der Waals surface area contributed by atoms with Crippen molar-refractivity contribution in [3.63, 3.8) is 0 Å². The SMILES string of the molecule is CCOC(=O)C1OC1C(=O)NC(CC(C)C)C(C)C(=O)N(C)c1nc(-c2ccc(F)cc2)cs1. The van der Waals surface area contributed by atoms with E-state index in [0.29, 0.717) is 17.2 Å². The predicted octanol–water partition coefficient (Wildman–Crippen LogP) is 3.41. The Morgan fingerprint density at radius 3 is 2.50 bits per heavy atom. The zero-order valence-electron chi connectivity index (χ0n) is 19.9. The van der Waals surface area contributed by atoms with Crippen molar-refractivity contribution in [2.24, 2.45) is 11.8 Å². The van der Waals surface area contributed by atoms with E-state index in [-0.39, 0.29) is 24.2 Å². The van der Waals surface area contributed by atoms with Gasteiger partial charge in [-0.3, -0.25) is 14.5 Å². The Balaban J connectivity index is 1.67. The van der Waals surface area contributed by atoms with Crippen molar-refractivity contribution >= 4 is 34.3 Å². The highest BCUT2D eigenvalue weighted by molar-refractivity contribution is 7.14. The second-order valence-electron chi connectivity index (χ2n) is 8.68. The predicted molar refractivity (Wildman–Crippen MR) is 127 cm³/mol. The van der Waals surface area contributed by atoms with E-state index < -0.39 is 36.0 Å². The molecule has 10 heteroatoms. The summed E-state index contributed by atoms with van der Waals surface area (Å²) in [6.45, 7) is 7.66. The van der Waals surface area contributed by atoms with Gasteiger partial charge in [0, 0.05) is 24.0 Å². The zero-order valence-corrected chi connectivity index (χ0v) is 20.7. The Morgan fingerprint density at radius 2 is 1.88 bits per heavy atom. The first-order valence-electron chi connectivity index (χ1n) is 11.2. The van der Waals surface area contributed by atoms with Crippen molar-refractivity contribution in [1.82, 2.24) is 10.3 Å². The largest absolute Gasteiger partial charge is 0.464 e. The van der Waals surface area contributed by atoms with Gasteiger partial charge in [0.05, 0.1) is 18.2 Å². The number of hydrogen-bond acceptors (Lipinski definition) is 7. The van der Waals surface area contributed by atoms with Gasteiger partial charge in [0.1, 0.15) is 5.82 Å². The van der Waals surface area contributed by atoms with Gasteiger partial charge in [0.25, 0.3) is 5.91 Å². The molecule has 1 aromatic carbocycles. The molecule has 2 aromatic rings. The Hall–Kier alpha value is -2.85. The van der Waals surface area contributed by atoms with Crippen molar-refractivity contribution in [3.8, 4) is 11.3 Å². The van der Waals surface area contributed by atoms with E-state index in [1.165, 1.54) is 28.4 Å². The molecule has 0 radical (unpaired) electrons. The first-order valence-corrected chi connectivity index (χ1v) is 12.1. The number of nitrogens with zero attached hydrogens (tertiary/aromatic N) is 2. The summed E-state index contributed by atoms with van der Waals surface area (Å²) >= 11 is 1.31. The molecule has 184 valence electrons. The lowest BCUT2D eigenvalue weighted by Crippen LogP contribution is -2.48. The second-order valence-corrected chi connectivity index (χ2v) is 9.52. The summed E-state index contributed by atoms with van der Waals surface area (Å²) in [4.78, 5) is 43.7. The standard InChI is InChI=1S/C24H30FN3O5S/c1-6-32-23(31)20-19(33-20)21(29)26-17(11-13(2)3)14(4)22(30)28(5)24-27-18(12-34-24)15-7-9-16(25)10-8-15/h7-10,12-14,17,19-20H,6,11H2,1-5H3,(H,26,29). The third-order valence-corrected chi connectivity index (χ3v) is 6.48. The van der Waals surface area contributed by atoms with Crippen LogP contribution >= 0.6 is 11.3 Å². The van der Waals surface area contributed by atoms with Crippen LogP contribution in [0.5, 0.6) is 0 Å². The van der Waals surface area contributed by atoms with Crippen LogP contribution in [0.15, 0.2) is 29.6 Å². The highest BCUT2D eigenvalue weighted by atomic mass is 32.1. The molecule has 3 rings (SSSR count). The molecule has 4 atom stereocenters. The normalized spacial score (nSPS) is 18.8. The number of hydrogen-bond donors (Lipinski definition) is 1. The smallest absolute Gasteiger partial charge is 0.338 e. The average Bonchev–Trinajstić information content (AvgIpc) is 3.46. The Morgan fingerprint density at radius 1 is 1.21 bits per heavy atom. The fourth-order valence-corrected chi connectivity index (χ4v) is 4.42. The van der Waals surface area contributed by atoms with Crippen molar-refractivity contribution in [1.29, 1.82) is 0 Å². The van der Waals surface area contributed by atoms with Crippen LogP contribution in [0.1, 0.15) is 34.1 Å². The molecule has 2 heterocycles. The van der Waals surface area contributed by atoms with Gasteiger partial charge in [-0.25, -0.2) is 14.2 Å². The molecule has 8 nitrogen and oxygen atoms in total. The monoisotopic (exact) mass is 491 g/mol. The summed E-state index contributed by atoms with van der Waals surface area (Å²) in [5.74, 6) is -1.86. The van der Waals surface area contributed by atoms with E-state index >= 15 is 0 Å². The number of esters is 1. The molecule has 1 N–H and O–H groups in total. The number of carbonyl (C=O) groups is 3. The lowest BCUT2D eigenvalue weighted by molar-refractivity contribution is -0.144. The van der Waals surface area contributed by atoms with Crippen LogP contribution in [-0.4, -0.2) is 54.7 Å². The molecule has 0 saturated carbocycles. The maximum absolute atomic E-state index is 13.3. The van der Waals surface area contributed by atoms with E-state index in [9.17, 15) is 18.8 Å². The van der Waals surface area contributed by atoms with Crippen molar-refractivity contribution in [2.45, 2.75) is 52.4 Å². The summed E-state index contributed by atoms with van der Waals surface area (Å²) in [5, 5.41) is 5.20. The topological polar surface area (TPSA) is 101 Å². The molecule has 1 aliphatic heterocycles. The number of carbonyl (C=O) groups excluding carboxylic acids is 3. The third kappa shape index (κ3) is 6.18. The summed E-state index contributed by atoms with van der Waals surface area (Å²) in [6.07, 6.45) is -1.22.